The molecule has 0 spiro atoms. The second kappa shape index (κ2) is 5.72. The van der Waals surface area contributed by atoms with Crippen LogP contribution < -0.4 is 0 Å². The minimum Gasteiger partial charge on any atom is -0.207 e. The van der Waals surface area contributed by atoms with Gasteiger partial charge in [0.05, 0.1) is 4.90 Å². The molecule has 0 aromatic heterocycles. The first-order valence-corrected chi connectivity index (χ1v) is 8.56. The minimum absolute atomic E-state index is 0.184. The van der Waals surface area contributed by atoms with Gasteiger partial charge in [0.25, 0.3) is 0 Å². The third-order valence-corrected chi connectivity index (χ3v) is 6.03. The van der Waals surface area contributed by atoms with Crippen molar-refractivity contribution in [2.24, 2.45) is 0 Å². The van der Waals surface area contributed by atoms with E-state index < -0.39 is 10.0 Å². The molecule has 18 heavy (non-hydrogen) atoms. The standard InChI is InChI=1S/C13H18BrNO2S/c1-2-15(12-5-3-4-6-12)18(16,17)13-9-7-11(14)8-10-13/h7-10,12H,2-6H2,1H3. The smallest absolute Gasteiger partial charge is 0.207 e. The van der Waals surface area contributed by atoms with Gasteiger partial charge in [0.2, 0.25) is 10.0 Å². The molecule has 100 valence electrons. The number of hydrogen-bond donors (Lipinski definition) is 0. The highest BCUT2D eigenvalue weighted by Crippen LogP contribution is 2.28. The first-order valence-electron chi connectivity index (χ1n) is 6.33. The summed E-state index contributed by atoms with van der Waals surface area (Å²) in [6, 6.07) is 7.06. The molecule has 0 bridgehead atoms. The van der Waals surface area contributed by atoms with Crippen LogP contribution in [0.25, 0.3) is 0 Å². The molecule has 0 amide bonds. The Morgan fingerprint density at radius 2 is 1.78 bits per heavy atom. The van der Waals surface area contributed by atoms with Gasteiger partial charge in [-0.1, -0.05) is 35.7 Å². The number of rotatable bonds is 4. The van der Waals surface area contributed by atoms with Crippen molar-refractivity contribution in [3.05, 3.63) is 28.7 Å². The normalized spacial score (nSPS) is 17.5. The molecule has 0 heterocycles. The van der Waals surface area contributed by atoms with Gasteiger partial charge in [-0.05, 0) is 37.1 Å². The summed E-state index contributed by atoms with van der Waals surface area (Å²) in [6.07, 6.45) is 4.25. The maximum absolute atomic E-state index is 12.6. The highest BCUT2D eigenvalue weighted by Gasteiger charge is 2.31. The van der Waals surface area contributed by atoms with Crippen molar-refractivity contribution in [2.75, 3.05) is 6.54 Å². The lowest BCUT2D eigenvalue weighted by Crippen LogP contribution is -2.38. The Labute approximate surface area is 117 Å². The van der Waals surface area contributed by atoms with Crippen LogP contribution >= 0.6 is 15.9 Å². The Balaban J connectivity index is 2.30. The second-order valence-electron chi connectivity index (χ2n) is 4.60. The van der Waals surface area contributed by atoms with E-state index in [4.69, 9.17) is 0 Å². The van der Waals surface area contributed by atoms with Crippen LogP contribution in [0.5, 0.6) is 0 Å². The molecule has 0 aliphatic heterocycles. The van der Waals surface area contributed by atoms with Gasteiger partial charge in [-0.2, -0.15) is 4.31 Å². The molecule has 0 N–H and O–H groups in total. The largest absolute Gasteiger partial charge is 0.243 e. The average molecular weight is 332 g/mol. The number of halogens is 1. The van der Waals surface area contributed by atoms with Crippen LogP contribution in [0.4, 0.5) is 0 Å². The molecule has 1 aromatic rings. The van der Waals surface area contributed by atoms with Crippen LogP contribution in [0.3, 0.4) is 0 Å². The molecule has 0 atom stereocenters. The van der Waals surface area contributed by atoms with Crippen molar-refractivity contribution >= 4 is 26.0 Å². The Morgan fingerprint density at radius 1 is 1.22 bits per heavy atom. The van der Waals surface area contributed by atoms with Gasteiger partial charge in [0, 0.05) is 17.1 Å². The summed E-state index contributed by atoms with van der Waals surface area (Å²) in [5.74, 6) is 0. The lowest BCUT2D eigenvalue weighted by atomic mass is 10.2. The molecule has 5 heteroatoms. The zero-order valence-corrected chi connectivity index (χ0v) is 12.9. The van der Waals surface area contributed by atoms with E-state index in [9.17, 15) is 8.42 Å². The van der Waals surface area contributed by atoms with Crippen molar-refractivity contribution < 1.29 is 8.42 Å². The second-order valence-corrected chi connectivity index (χ2v) is 7.41. The third kappa shape index (κ3) is 2.78. The Morgan fingerprint density at radius 3 is 2.28 bits per heavy atom. The fourth-order valence-corrected chi connectivity index (χ4v) is 4.52. The SMILES string of the molecule is CCN(C1CCCC1)S(=O)(=O)c1ccc(Br)cc1. The van der Waals surface area contributed by atoms with E-state index in [1.54, 1.807) is 28.6 Å². The molecule has 1 aliphatic carbocycles. The van der Waals surface area contributed by atoms with Crippen LogP contribution in [0, 0.1) is 0 Å². The third-order valence-electron chi connectivity index (χ3n) is 3.46. The number of benzene rings is 1. The Bertz CT molecular complexity index is 492. The van der Waals surface area contributed by atoms with E-state index in [0.29, 0.717) is 11.4 Å². The molecule has 1 fully saturated rings. The van der Waals surface area contributed by atoms with Crippen molar-refractivity contribution in [2.45, 2.75) is 43.5 Å². The summed E-state index contributed by atoms with van der Waals surface area (Å²) in [5, 5.41) is 0. The van der Waals surface area contributed by atoms with Gasteiger partial charge >= 0.3 is 0 Å². The predicted molar refractivity (Wildman–Crippen MR) is 76.0 cm³/mol. The number of nitrogens with zero attached hydrogens (tertiary/aromatic N) is 1. The molecule has 0 saturated heterocycles. The molecule has 1 aromatic carbocycles. The van der Waals surface area contributed by atoms with E-state index in [-0.39, 0.29) is 6.04 Å². The quantitative estimate of drug-likeness (QED) is 0.847. The lowest BCUT2D eigenvalue weighted by molar-refractivity contribution is 0.335. The van der Waals surface area contributed by atoms with Gasteiger partial charge in [-0.15, -0.1) is 0 Å². The maximum atomic E-state index is 12.6. The summed E-state index contributed by atoms with van der Waals surface area (Å²) in [4.78, 5) is 0.388. The molecule has 1 saturated carbocycles. The van der Waals surface area contributed by atoms with Crippen LogP contribution in [0.2, 0.25) is 0 Å². The highest BCUT2D eigenvalue weighted by molar-refractivity contribution is 9.10. The zero-order valence-electron chi connectivity index (χ0n) is 10.5. The molecule has 1 aliphatic rings. The summed E-state index contributed by atoms with van der Waals surface area (Å²) < 4.78 is 27.7. The van der Waals surface area contributed by atoms with Crippen molar-refractivity contribution in [1.82, 2.24) is 4.31 Å². The summed E-state index contributed by atoms with van der Waals surface area (Å²) in [5.41, 5.74) is 0. The first-order chi connectivity index (χ1) is 8.55. The maximum Gasteiger partial charge on any atom is 0.243 e. The summed E-state index contributed by atoms with van der Waals surface area (Å²) in [7, 11) is -3.34. The van der Waals surface area contributed by atoms with E-state index in [0.717, 1.165) is 30.2 Å². The molecule has 0 radical (unpaired) electrons. The van der Waals surface area contributed by atoms with E-state index in [1.807, 2.05) is 6.92 Å². The number of hydrogen-bond acceptors (Lipinski definition) is 2. The van der Waals surface area contributed by atoms with Crippen LogP contribution in [0.1, 0.15) is 32.6 Å². The van der Waals surface area contributed by atoms with Gasteiger partial charge in [-0.3, -0.25) is 0 Å². The molecular formula is C13H18BrNO2S. The number of sulfonamides is 1. The molecular weight excluding hydrogens is 314 g/mol. The topological polar surface area (TPSA) is 37.4 Å². The van der Waals surface area contributed by atoms with Crippen molar-refractivity contribution in [3.63, 3.8) is 0 Å². The van der Waals surface area contributed by atoms with Crippen molar-refractivity contribution in [1.29, 1.82) is 0 Å². The van der Waals surface area contributed by atoms with Gasteiger partial charge in [-0.25, -0.2) is 8.42 Å². The zero-order chi connectivity index (χ0) is 13.2. The van der Waals surface area contributed by atoms with E-state index in [1.165, 1.54) is 0 Å². The fraction of sp³-hybridized carbons (Fsp3) is 0.538. The highest BCUT2D eigenvalue weighted by atomic mass is 79.9. The lowest BCUT2D eigenvalue weighted by Gasteiger charge is -2.26. The molecule has 0 unspecified atom stereocenters. The average Bonchev–Trinajstić information content (AvgIpc) is 2.84. The van der Waals surface area contributed by atoms with Crippen LogP contribution in [-0.4, -0.2) is 25.3 Å². The summed E-state index contributed by atoms with van der Waals surface area (Å²) >= 11 is 3.32. The van der Waals surface area contributed by atoms with Crippen molar-refractivity contribution in [3.8, 4) is 0 Å². The van der Waals surface area contributed by atoms with Gasteiger partial charge < -0.3 is 0 Å². The fourth-order valence-electron chi connectivity index (χ4n) is 2.56. The monoisotopic (exact) mass is 331 g/mol. The van der Waals surface area contributed by atoms with Crippen LogP contribution in [-0.2, 0) is 10.0 Å². The Kier molecular flexibility index (Phi) is 4.45. The van der Waals surface area contributed by atoms with E-state index >= 15 is 0 Å². The molecule has 3 nitrogen and oxygen atoms in total. The minimum atomic E-state index is -3.34. The van der Waals surface area contributed by atoms with Crippen LogP contribution in [0.15, 0.2) is 33.6 Å². The van der Waals surface area contributed by atoms with Gasteiger partial charge in [0.1, 0.15) is 0 Å². The van der Waals surface area contributed by atoms with E-state index in [2.05, 4.69) is 15.9 Å². The predicted octanol–water partition coefficient (Wildman–Crippen LogP) is 3.40. The molecule has 2 rings (SSSR count). The first kappa shape index (κ1) is 14.0. The summed E-state index contributed by atoms with van der Waals surface area (Å²) in [6.45, 7) is 2.46. The van der Waals surface area contributed by atoms with Gasteiger partial charge in [0.15, 0.2) is 0 Å². The Hall–Kier alpha value is -0.390.